The quantitative estimate of drug-likeness (QED) is 0.367. The predicted molar refractivity (Wildman–Crippen MR) is 116 cm³/mol. The van der Waals surface area contributed by atoms with Crippen LogP contribution in [0.25, 0.3) is 0 Å². The number of Topliss-reactive ketones (excluding diaryl/α,β-unsaturated/α-hetero) is 1. The number of nitriles is 2. The first-order valence-electron chi connectivity index (χ1n) is 10.5. The van der Waals surface area contributed by atoms with E-state index in [0.29, 0.717) is 18.4 Å². The minimum atomic E-state index is -4.02. The number of carbonyl (C=O) groups excluding carboxylic acids is 3. The monoisotopic (exact) mass is 474 g/mol. The molecule has 1 amide bonds. The summed E-state index contributed by atoms with van der Waals surface area (Å²) in [6, 6.07) is 8.25. The summed E-state index contributed by atoms with van der Waals surface area (Å²) in [7, 11) is -4.02. The van der Waals surface area contributed by atoms with Crippen LogP contribution < -0.4 is 0 Å². The van der Waals surface area contributed by atoms with Crippen molar-refractivity contribution >= 4 is 27.7 Å². The third kappa shape index (κ3) is 6.85. The normalized spacial score (nSPS) is 16.3. The lowest BCUT2D eigenvalue weighted by atomic mass is 10.1. The summed E-state index contributed by atoms with van der Waals surface area (Å²) in [5, 5.41) is 17.5. The number of hydrogen-bond donors (Lipinski definition) is 0. The van der Waals surface area contributed by atoms with Crippen LogP contribution in [0.5, 0.6) is 0 Å². The zero-order chi connectivity index (χ0) is 24.4. The lowest BCUT2D eigenvalue weighted by molar-refractivity contribution is -0.156. The van der Waals surface area contributed by atoms with Gasteiger partial charge < -0.3 is 9.64 Å². The molecule has 1 atom stereocenters. The summed E-state index contributed by atoms with van der Waals surface area (Å²) < 4.78 is 32.6. The highest BCUT2D eigenvalue weighted by atomic mass is 32.2. The van der Waals surface area contributed by atoms with Gasteiger partial charge in [-0.15, -0.1) is 0 Å². The van der Waals surface area contributed by atoms with E-state index < -0.39 is 34.5 Å². The highest BCUT2D eigenvalue weighted by molar-refractivity contribution is 7.89. The number of carbonyl (C=O) groups is 3. The van der Waals surface area contributed by atoms with Crippen LogP contribution in [0.1, 0.15) is 49.4 Å². The topological polar surface area (TPSA) is 149 Å². The lowest BCUT2D eigenvalue weighted by Crippen LogP contribution is -2.49. The van der Waals surface area contributed by atoms with Crippen molar-refractivity contribution in [2.24, 2.45) is 0 Å². The van der Waals surface area contributed by atoms with E-state index in [1.54, 1.807) is 0 Å². The number of esters is 1. The van der Waals surface area contributed by atoms with Gasteiger partial charge in [0.15, 0.2) is 12.4 Å². The molecular weight excluding hydrogens is 448 g/mol. The Bertz CT molecular complexity index is 1040. The van der Waals surface area contributed by atoms with E-state index >= 15 is 0 Å². The van der Waals surface area contributed by atoms with Gasteiger partial charge in [-0.05, 0) is 38.3 Å². The van der Waals surface area contributed by atoms with Crippen molar-refractivity contribution in [1.29, 1.82) is 10.5 Å². The van der Waals surface area contributed by atoms with Gasteiger partial charge in [0.05, 0.1) is 29.9 Å². The number of piperidine rings is 1. The first kappa shape index (κ1) is 26.0. The second-order valence-electron chi connectivity index (χ2n) is 7.51. The first-order valence-corrected chi connectivity index (χ1v) is 12.0. The fourth-order valence-corrected chi connectivity index (χ4v) is 5.12. The summed E-state index contributed by atoms with van der Waals surface area (Å²) >= 11 is 0. The average Bonchev–Trinajstić information content (AvgIpc) is 2.82. The molecule has 1 unspecified atom stereocenters. The molecule has 0 saturated carbocycles. The Hall–Kier alpha value is -3.28. The fraction of sp³-hybridized carbons (Fsp3) is 0.500. The maximum absolute atomic E-state index is 13.2. The van der Waals surface area contributed by atoms with Crippen LogP contribution in [-0.4, -0.2) is 67.6 Å². The van der Waals surface area contributed by atoms with E-state index in [4.69, 9.17) is 15.3 Å². The number of hydrogen-bond acceptors (Lipinski definition) is 8. The largest absolute Gasteiger partial charge is 0.454 e. The van der Waals surface area contributed by atoms with Crippen LogP contribution in [0.2, 0.25) is 0 Å². The maximum atomic E-state index is 13.2. The van der Waals surface area contributed by atoms with Crippen molar-refractivity contribution in [3.63, 3.8) is 0 Å². The number of sulfonamides is 1. The zero-order valence-electron chi connectivity index (χ0n) is 18.4. The van der Waals surface area contributed by atoms with Crippen LogP contribution in [0.15, 0.2) is 29.2 Å². The summed E-state index contributed by atoms with van der Waals surface area (Å²) in [6.07, 6.45) is 1.60. The van der Waals surface area contributed by atoms with E-state index in [0.717, 1.165) is 4.31 Å². The maximum Gasteiger partial charge on any atom is 0.324 e. The molecular formula is C22H26N4O6S. The molecule has 1 saturated heterocycles. The number of benzene rings is 1. The molecule has 1 aliphatic rings. The smallest absolute Gasteiger partial charge is 0.324 e. The lowest BCUT2D eigenvalue weighted by Gasteiger charge is -2.33. The van der Waals surface area contributed by atoms with Crippen molar-refractivity contribution in [3.05, 3.63) is 29.8 Å². The number of ether oxygens (including phenoxy) is 1. The molecule has 0 bridgehead atoms. The Morgan fingerprint density at radius 3 is 2.24 bits per heavy atom. The summed E-state index contributed by atoms with van der Waals surface area (Å²) in [5.74, 6) is -1.58. The van der Waals surface area contributed by atoms with Crippen molar-refractivity contribution in [3.8, 4) is 12.1 Å². The fourth-order valence-electron chi connectivity index (χ4n) is 3.48. The molecule has 0 aliphatic carbocycles. The second-order valence-corrected chi connectivity index (χ2v) is 9.40. The molecule has 1 aromatic rings. The molecule has 0 N–H and O–H groups in total. The van der Waals surface area contributed by atoms with Gasteiger partial charge in [0.25, 0.3) is 5.91 Å². The third-order valence-corrected chi connectivity index (χ3v) is 7.19. The molecule has 176 valence electrons. The van der Waals surface area contributed by atoms with Crippen LogP contribution in [0, 0.1) is 22.7 Å². The molecule has 11 heteroatoms. The standard InChI is InChI=1S/C22H26N4O6S/c1-17(27)18-7-9-19(10-8-18)33(30,31)26-15-3-2-6-20(26)22(29)32-16-21(28)25(13-4-11-23)14-5-12-24/h7-10,20H,2-6,13-16H2,1H3. The van der Waals surface area contributed by atoms with Crippen molar-refractivity contribution in [1.82, 2.24) is 9.21 Å². The number of amides is 1. The first-order chi connectivity index (χ1) is 15.7. The predicted octanol–water partition coefficient (Wildman–Crippen LogP) is 1.63. The Kier molecular flexibility index (Phi) is 9.52. The number of nitrogens with zero attached hydrogens (tertiary/aromatic N) is 4. The van der Waals surface area contributed by atoms with Gasteiger partial charge in [-0.3, -0.25) is 14.4 Å². The Morgan fingerprint density at radius 1 is 1.09 bits per heavy atom. The van der Waals surface area contributed by atoms with Gasteiger partial charge in [0.1, 0.15) is 6.04 Å². The highest BCUT2D eigenvalue weighted by Gasteiger charge is 2.39. The molecule has 1 aromatic carbocycles. The molecule has 1 heterocycles. The molecule has 10 nitrogen and oxygen atoms in total. The number of rotatable bonds is 10. The van der Waals surface area contributed by atoms with Crippen LogP contribution >= 0.6 is 0 Å². The van der Waals surface area contributed by atoms with Crippen LogP contribution in [0.4, 0.5) is 0 Å². The van der Waals surface area contributed by atoms with Gasteiger partial charge in [-0.25, -0.2) is 8.42 Å². The van der Waals surface area contributed by atoms with Crippen LogP contribution in [0.3, 0.4) is 0 Å². The molecule has 2 rings (SSSR count). The minimum absolute atomic E-state index is 0.0394. The van der Waals surface area contributed by atoms with E-state index in [2.05, 4.69) is 0 Å². The van der Waals surface area contributed by atoms with Gasteiger partial charge in [0.2, 0.25) is 10.0 Å². The highest BCUT2D eigenvalue weighted by Crippen LogP contribution is 2.26. The molecule has 1 aliphatic heterocycles. The molecule has 1 fully saturated rings. The van der Waals surface area contributed by atoms with Crippen molar-refractivity contribution < 1.29 is 27.5 Å². The van der Waals surface area contributed by atoms with E-state index in [1.165, 1.54) is 36.1 Å². The van der Waals surface area contributed by atoms with Crippen molar-refractivity contribution in [2.45, 2.75) is 50.0 Å². The summed E-state index contributed by atoms with van der Waals surface area (Å²) in [4.78, 5) is 37.8. The van der Waals surface area contributed by atoms with Gasteiger partial charge in [-0.2, -0.15) is 14.8 Å². The van der Waals surface area contributed by atoms with Crippen LogP contribution in [-0.2, 0) is 24.3 Å². The van der Waals surface area contributed by atoms with E-state index in [-0.39, 0.29) is 49.6 Å². The number of ketones is 1. The minimum Gasteiger partial charge on any atom is -0.454 e. The molecule has 33 heavy (non-hydrogen) atoms. The molecule has 0 spiro atoms. The SMILES string of the molecule is CC(=O)c1ccc(S(=O)(=O)N2CCCCC2C(=O)OCC(=O)N(CCC#N)CCC#N)cc1. The van der Waals surface area contributed by atoms with Crippen molar-refractivity contribution in [2.75, 3.05) is 26.2 Å². The summed E-state index contributed by atoms with van der Waals surface area (Å²) in [6.45, 7) is 1.11. The molecule has 0 aromatic heterocycles. The zero-order valence-corrected chi connectivity index (χ0v) is 19.2. The summed E-state index contributed by atoms with van der Waals surface area (Å²) in [5.41, 5.74) is 0.374. The Labute approximate surface area is 193 Å². The van der Waals surface area contributed by atoms with Gasteiger partial charge in [0, 0.05) is 25.2 Å². The van der Waals surface area contributed by atoms with E-state index in [1.807, 2.05) is 12.1 Å². The average molecular weight is 475 g/mol. The van der Waals surface area contributed by atoms with Gasteiger partial charge >= 0.3 is 5.97 Å². The second kappa shape index (κ2) is 12.1. The Balaban J connectivity index is 2.11. The molecule has 0 radical (unpaired) electrons. The van der Waals surface area contributed by atoms with E-state index in [9.17, 15) is 22.8 Å². The third-order valence-electron chi connectivity index (χ3n) is 5.27. The van der Waals surface area contributed by atoms with Gasteiger partial charge in [-0.1, -0.05) is 12.1 Å². The Morgan fingerprint density at radius 2 is 1.70 bits per heavy atom.